The molecule has 17 heavy (non-hydrogen) atoms. The third kappa shape index (κ3) is 2.38. The van der Waals surface area contributed by atoms with Crippen molar-refractivity contribution in [3.05, 3.63) is 35.9 Å². The summed E-state index contributed by atoms with van der Waals surface area (Å²) in [6.07, 6.45) is 1.47. The van der Waals surface area contributed by atoms with Gasteiger partial charge in [-0.25, -0.2) is 4.68 Å². The number of hydrogen-bond donors (Lipinski definition) is 1. The lowest BCUT2D eigenvalue weighted by molar-refractivity contribution is 0.0995. The average Bonchev–Trinajstić information content (AvgIpc) is 2.86. The van der Waals surface area contributed by atoms with Gasteiger partial charge in [0.15, 0.2) is 5.76 Å². The van der Waals surface area contributed by atoms with Crippen LogP contribution in [0.3, 0.4) is 0 Å². The minimum Gasteiger partial charge on any atom is -0.459 e. The largest absolute Gasteiger partial charge is 0.459 e. The number of carbonyl (C=O) groups excluding carboxylic acids is 1. The van der Waals surface area contributed by atoms with E-state index in [9.17, 15) is 4.79 Å². The van der Waals surface area contributed by atoms with Crippen LogP contribution in [0.2, 0.25) is 0 Å². The number of anilines is 1. The summed E-state index contributed by atoms with van der Waals surface area (Å²) in [7, 11) is 0. The topological polar surface area (TPSA) is 60.1 Å². The van der Waals surface area contributed by atoms with Crippen molar-refractivity contribution >= 4 is 11.7 Å². The van der Waals surface area contributed by atoms with Gasteiger partial charge in [0, 0.05) is 12.1 Å². The maximum Gasteiger partial charge on any atom is 0.292 e. The van der Waals surface area contributed by atoms with Crippen molar-refractivity contribution in [1.82, 2.24) is 9.78 Å². The van der Waals surface area contributed by atoms with Crippen molar-refractivity contribution in [3.8, 4) is 0 Å². The van der Waals surface area contributed by atoms with Crippen LogP contribution in [0, 0.1) is 6.92 Å². The molecular formula is C12H15N3O2. The van der Waals surface area contributed by atoms with Crippen LogP contribution in [0.15, 0.2) is 28.9 Å². The molecule has 0 aliphatic rings. The van der Waals surface area contributed by atoms with Crippen molar-refractivity contribution in [2.24, 2.45) is 0 Å². The van der Waals surface area contributed by atoms with E-state index >= 15 is 0 Å². The summed E-state index contributed by atoms with van der Waals surface area (Å²) < 4.78 is 6.81. The number of rotatable bonds is 3. The molecule has 2 aromatic heterocycles. The number of carbonyl (C=O) groups is 1. The fraction of sp³-hybridized carbons (Fsp3) is 0.333. The first-order valence-electron chi connectivity index (χ1n) is 5.49. The molecule has 2 rings (SSSR count). The first-order valence-corrected chi connectivity index (χ1v) is 5.49. The fourth-order valence-corrected chi connectivity index (χ4v) is 1.59. The molecule has 0 bridgehead atoms. The average molecular weight is 233 g/mol. The molecule has 90 valence electrons. The van der Waals surface area contributed by atoms with Crippen molar-refractivity contribution in [1.29, 1.82) is 0 Å². The Morgan fingerprint density at radius 2 is 2.29 bits per heavy atom. The highest BCUT2D eigenvalue weighted by Crippen LogP contribution is 2.17. The Morgan fingerprint density at radius 1 is 1.53 bits per heavy atom. The van der Waals surface area contributed by atoms with Crippen LogP contribution in [0.25, 0.3) is 0 Å². The summed E-state index contributed by atoms with van der Waals surface area (Å²) in [5.74, 6) is 0.704. The Hall–Kier alpha value is -2.04. The molecule has 2 aromatic rings. The quantitative estimate of drug-likeness (QED) is 0.886. The molecule has 0 aromatic carbocycles. The molecule has 0 spiro atoms. The summed E-state index contributed by atoms with van der Waals surface area (Å²) >= 11 is 0. The highest BCUT2D eigenvalue weighted by Gasteiger charge is 2.14. The number of nitrogens with zero attached hydrogens (tertiary/aromatic N) is 2. The highest BCUT2D eigenvalue weighted by molar-refractivity contribution is 6.01. The standard InChI is InChI=1S/C12H15N3O2/c1-8(2)15-11(7-9(3)14-15)13-12(16)10-5-4-6-17-10/h4-8H,1-3H3,(H,13,16). The maximum atomic E-state index is 11.8. The minimum atomic E-state index is -0.267. The molecule has 2 heterocycles. The number of aromatic nitrogens is 2. The molecule has 0 radical (unpaired) electrons. The van der Waals surface area contributed by atoms with E-state index in [0.717, 1.165) is 5.69 Å². The van der Waals surface area contributed by atoms with Gasteiger partial charge in [0.2, 0.25) is 0 Å². The number of furan rings is 1. The zero-order valence-corrected chi connectivity index (χ0v) is 10.1. The van der Waals surface area contributed by atoms with E-state index in [1.165, 1.54) is 6.26 Å². The van der Waals surface area contributed by atoms with Gasteiger partial charge in [0.05, 0.1) is 12.0 Å². The molecule has 5 heteroatoms. The van der Waals surface area contributed by atoms with E-state index in [4.69, 9.17) is 4.42 Å². The van der Waals surface area contributed by atoms with Crippen LogP contribution in [-0.4, -0.2) is 15.7 Å². The summed E-state index contributed by atoms with van der Waals surface area (Å²) in [6.45, 7) is 5.91. The van der Waals surface area contributed by atoms with Gasteiger partial charge in [-0.15, -0.1) is 0 Å². The fourth-order valence-electron chi connectivity index (χ4n) is 1.59. The number of hydrogen-bond acceptors (Lipinski definition) is 3. The first kappa shape index (κ1) is 11.4. The second-order valence-corrected chi connectivity index (χ2v) is 4.14. The number of amides is 1. The normalized spacial score (nSPS) is 10.8. The van der Waals surface area contributed by atoms with Gasteiger partial charge >= 0.3 is 0 Å². The van der Waals surface area contributed by atoms with Crippen molar-refractivity contribution in [2.75, 3.05) is 5.32 Å². The zero-order chi connectivity index (χ0) is 12.4. The van der Waals surface area contributed by atoms with Crippen molar-refractivity contribution in [2.45, 2.75) is 26.8 Å². The Bertz CT molecular complexity index is 512. The maximum absolute atomic E-state index is 11.8. The van der Waals surface area contributed by atoms with E-state index in [1.54, 1.807) is 16.8 Å². The second kappa shape index (κ2) is 4.45. The summed E-state index contributed by atoms with van der Waals surface area (Å²) in [5, 5.41) is 7.10. The van der Waals surface area contributed by atoms with Crippen LogP contribution in [-0.2, 0) is 0 Å². The molecule has 1 amide bonds. The minimum absolute atomic E-state index is 0.190. The van der Waals surface area contributed by atoms with E-state index in [2.05, 4.69) is 10.4 Å². The molecule has 1 N–H and O–H groups in total. The molecule has 0 aliphatic heterocycles. The molecular weight excluding hydrogens is 218 g/mol. The third-order valence-electron chi connectivity index (χ3n) is 2.33. The van der Waals surface area contributed by atoms with Gasteiger partial charge in [0.1, 0.15) is 5.82 Å². The predicted molar refractivity (Wildman–Crippen MR) is 64.0 cm³/mol. The van der Waals surface area contributed by atoms with Crippen LogP contribution < -0.4 is 5.32 Å². The molecule has 0 unspecified atom stereocenters. The molecule has 5 nitrogen and oxygen atoms in total. The summed E-state index contributed by atoms with van der Waals surface area (Å²) in [6, 6.07) is 5.33. The lowest BCUT2D eigenvalue weighted by Crippen LogP contribution is -2.16. The van der Waals surface area contributed by atoms with E-state index in [-0.39, 0.29) is 11.9 Å². The SMILES string of the molecule is Cc1cc(NC(=O)c2ccco2)n(C(C)C)n1. The lowest BCUT2D eigenvalue weighted by Gasteiger charge is -2.10. The van der Waals surface area contributed by atoms with Gasteiger partial charge in [0.25, 0.3) is 5.91 Å². The first-order chi connectivity index (χ1) is 8.08. The van der Waals surface area contributed by atoms with Crippen LogP contribution in [0.5, 0.6) is 0 Å². The van der Waals surface area contributed by atoms with Gasteiger partial charge < -0.3 is 9.73 Å². The molecule has 0 saturated heterocycles. The number of aryl methyl sites for hydroxylation is 1. The van der Waals surface area contributed by atoms with Gasteiger partial charge in [-0.05, 0) is 32.9 Å². The molecule has 0 saturated carbocycles. The Kier molecular flexibility index (Phi) is 2.99. The van der Waals surface area contributed by atoms with Crippen LogP contribution >= 0.6 is 0 Å². The van der Waals surface area contributed by atoms with Gasteiger partial charge in [-0.1, -0.05) is 0 Å². The Labute approximate surface area is 99.4 Å². The van der Waals surface area contributed by atoms with Crippen molar-refractivity contribution < 1.29 is 9.21 Å². The molecule has 0 atom stereocenters. The van der Waals surface area contributed by atoms with Crippen LogP contribution in [0.1, 0.15) is 36.1 Å². The predicted octanol–water partition coefficient (Wildman–Crippen LogP) is 2.62. The highest BCUT2D eigenvalue weighted by atomic mass is 16.3. The smallest absolute Gasteiger partial charge is 0.292 e. The van der Waals surface area contributed by atoms with Gasteiger partial charge in [-0.3, -0.25) is 4.79 Å². The second-order valence-electron chi connectivity index (χ2n) is 4.14. The third-order valence-corrected chi connectivity index (χ3v) is 2.33. The summed E-state index contributed by atoms with van der Waals surface area (Å²) in [5.41, 5.74) is 0.869. The lowest BCUT2D eigenvalue weighted by atomic mass is 10.4. The monoisotopic (exact) mass is 233 g/mol. The molecule has 0 fully saturated rings. The van der Waals surface area contributed by atoms with E-state index < -0.39 is 0 Å². The van der Waals surface area contributed by atoms with Gasteiger partial charge in [-0.2, -0.15) is 5.10 Å². The number of nitrogens with one attached hydrogen (secondary N) is 1. The van der Waals surface area contributed by atoms with Crippen LogP contribution in [0.4, 0.5) is 5.82 Å². The zero-order valence-electron chi connectivity index (χ0n) is 10.1. The molecule has 0 aliphatic carbocycles. The Balaban J connectivity index is 2.21. The van der Waals surface area contributed by atoms with E-state index in [0.29, 0.717) is 11.6 Å². The van der Waals surface area contributed by atoms with E-state index in [1.807, 2.05) is 26.8 Å². The summed E-state index contributed by atoms with van der Waals surface area (Å²) in [4.78, 5) is 11.8. The Morgan fingerprint density at radius 3 is 2.88 bits per heavy atom. The van der Waals surface area contributed by atoms with Crippen molar-refractivity contribution in [3.63, 3.8) is 0 Å².